The minimum atomic E-state index is -2.01. The lowest BCUT2D eigenvalue weighted by Crippen LogP contribution is -2.52. The average Bonchev–Trinajstić information content (AvgIpc) is 2.28. The number of carbonyl (C=O) groups excluding carboxylic acids is 1. The molecule has 0 aliphatic heterocycles. The lowest BCUT2D eigenvalue weighted by Gasteiger charge is -2.26. The van der Waals surface area contributed by atoms with Crippen molar-refractivity contribution in [3.05, 3.63) is 30.1 Å². The molecule has 1 unspecified atom stereocenters. The van der Waals surface area contributed by atoms with Gasteiger partial charge in [0.15, 0.2) is 0 Å². The first-order valence-corrected chi connectivity index (χ1v) is 5.51. The van der Waals surface area contributed by atoms with Crippen LogP contribution in [0.5, 0.6) is 0 Å². The molecule has 0 amide bonds. The van der Waals surface area contributed by atoms with Crippen LogP contribution in [-0.4, -0.2) is 27.8 Å². The Labute approximate surface area is 105 Å². The van der Waals surface area contributed by atoms with Crippen molar-refractivity contribution in [3.8, 4) is 0 Å². The van der Waals surface area contributed by atoms with Crippen LogP contribution < -0.4 is 5.73 Å². The van der Waals surface area contributed by atoms with Crippen molar-refractivity contribution in [2.24, 2.45) is 11.7 Å². The van der Waals surface area contributed by atoms with E-state index in [1.54, 1.807) is 19.9 Å². The van der Waals surface area contributed by atoms with Crippen molar-refractivity contribution >= 4 is 11.9 Å². The van der Waals surface area contributed by atoms with Crippen molar-refractivity contribution in [2.45, 2.75) is 26.0 Å². The van der Waals surface area contributed by atoms with Gasteiger partial charge in [-0.3, -0.25) is 10.7 Å². The summed E-state index contributed by atoms with van der Waals surface area (Å²) in [6.45, 7) is 3.59. The third-order valence-corrected chi connectivity index (χ3v) is 2.25. The van der Waals surface area contributed by atoms with Crippen LogP contribution in [0.15, 0.2) is 24.5 Å². The molecule has 98 valence electrons. The molecular formula is C12H16N2O4. The number of nitrogens with two attached hydrogens (primary N) is 1. The predicted molar refractivity (Wildman–Crippen MR) is 63.7 cm³/mol. The molecule has 0 radical (unpaired) electrons. The fourth-order valence-electron chi connectivity index (χ4n) is 1.49. The summed E-state index contributed by atoms with van der Waals surface area (Å²) >= 11 is 0. The van der Waals surface area contributed by atoms with E-state index in [1.165, 1.54) is 18.5 Å². The number of nitrogens with zero attached hydrogens (tertiary/aromatic N) is 1. The molecule has 1 aromatic rings. The highest BCUT2D eigenvalue weighted by atomic mass is 16.6. The lowest BCUT2D eigenvalue weighted by atomic mass is 10.0. The van der Waals surface area contributed by atoms with Crippen LogP contribution in [0.25, 0.3) is 0 Å². The summed E-state index contributed by atoms with van der Waals surface area (Å²) in [5.41, 5.74) is 3.77. The number of aromatic nitrogens is 1. The van der Waals surface area contributed by atoms with E-state index in [0.717, 1.165) is 0 Å². The number of rotatable bonds is 5. The van der Waals surface area contributed by atoms with Gasteiger partial charge in [-0.25, -0.2) is 9.59 Å². The first kappa shape index (κ1) is 14.1. The Morgan fingerprint density at radius 2 is 2.22 bits per heavy atom. The van der Waals surface area contributed by atoms with E-state index in [-0.39, 0.29) is 17.9 Å². The van der Waals surface area contributed by atoms with Crippen LogP contribution in [0, 0.1) is 5.92 Å². The van der Waals surface area contributed by atoms with Crippen LogP contribution in [0.1, 0.15) is 30.6 Å². The van der Waals surface area contributed by atoms with Crippen molar-refractivity contribution in [1.29, 1.82) is 0 Å². The van der Waals surface area contributed by atoms with E-state index in [4.69, 9.17) is 15.6 Å². The lowest BCUT2D eigenvalue weighted by molar-refractivity contribution is -0.160. The van der Waals surface area contributed by atoms with Gasteiger partial charge in [-0.15, -0.1) is 0 Å². The predicted octanol–water partition coefficient (Wildman–Crippen LogP) is 1.02. The molecule has 0 spiro atoms. The maximum absolute atomic E-state index is 11.7. The van der Waals surface area contributed by atoms with Gasteiger partial charge in [0.05, 0.1) is 5.56 Å². The summed E-state index contributed by atoms with van der Waals surface area (Å²) in [6, 6.07) is 3.03. The average molecular weight is 252 g/mol. The highest BCUT2D eigenvalue weighted by Crippen LogP contribution is 2.18. The Bertz CT molecular complexity index is 433. The van der Waals surface area contributed by atoms with Gasteiger partial charge in [0.25, 0.3) is 5.72 Å². The monoisotopic (exact) mass is 252 g/mol. The van der Waals surface area contributed by atoms with E-state index in [9.17, 15) is 9.59 Å². The number of aliphatic carboxylic acids is 1. The minimum Gasteiger partial charge on any atom is -0.477 e. The Kier molecular flexibility index (Phi) is 4.38. The van der Waals surface area contributed by atoms with Gasteiger partial charge in [-0.2, -0.15) is 0 Å². The van der Waals surface area contributed by atoms with Crippen molar-refractivity contribution in [3.63, 3.8) is 0 Å². The molecule has 0 aliphatic carbocycles. The van der Waals surface area contributed by atoms with Gasteiger partial charge in [0.2, 0.25) is 0 Å². The molecule has 0 fully saturated rings. The zero-order valence-electron chi connectivity index (χ0n) is 10.3. The van der Waals surface area contributed by atoms with Crippen molar-refractivity contribution in [1.82, 2.24) is 4.98 Å². The van der Waals surface area contributed by atoms with E-state index in [2.05, 4.69) is 4.98 Å². The summed E-state index contributed by atoms with van der Waals surface area (Å²) in [7, 11) is 0. The summed E-state index contributed by atoms with van der Waals surface area (Å²) in [4.78, 5) is 26.6. The number of carboxylic acid groups (broad SMARTS) is 1. The summed E-state index contributed by atoms with van der Waals surface area (Å²) in [5, 5.41) is 9.06. The topological polar surface area (TPSA) is 103 Å². The first-order chi connectivity index (χ1) is 8.35. The SMILES string of the molecule is CC(C)CC(N)(OC(=O)c1cccnc1)C(=O)O. The second kappa shape index (κ2) is 5.59. The Morgan fingerprint density at radius 1 is 1.56 bits per heavy atom. The third-order valence-electron chi connectivity index (χ3n) is 2.25. The minimum absolute atomic E-state index is 0.0206. The first-order valence-electron chi connectivity index (χ1n) is 5.51. The Balaban J connectivity index is 2.85. The molecule has 6 nitrogen and oxygen atoms in total. The largest absolute Gasteiger partial charge is 0.477 e. The van der Waals surface area contributed by atoms with Gasteiger partial charge in [0, 0.05) is 18.8 Å². The number of ether oxygens (including phenoxy) is 1. The zero-order chi connectivity index (χ0) is 13.8. The van der Waals surface area contributed by atoms with Crippen LogP contribution >= 0.6 is 0 Å². The molecular weight excluding hydrogens is 236 g/mol. The van der Waals surface area contributed by atoms with Gasteiger partial charge in [0.1, 0.15) is 0 Å². The third kappa shape index (κ3) is 3.53. The van der Waals surface area contributed by atoms with E-state index in [0.29, 0.717) is 0 Å². The summed E-state index contributed by atoms with van der Waals surface area (Å²) < 4.78 is 4.90. The fraction of sp³-hybridized carbons (Fsp3) is 0.417. The molecule has 6 heteroatoms. The number of hydrogen-bond donors (Lipinski definition) is 2. The number of carboxylic acids is 1. The van der Waals surface area contributed by atoms with Crippen molar-refractivity contribution in [2.75, 3.05) is 0 Å². The molecule has 1 rings (SSSR count). The summed E-state index contributed by atoms with van der Waals surface area (Å²) in [5.74, 6) is -2.19. The quantitative estimate of drug-likeness (QED) is 0.599. The molecule has 18 heavy (non-hydrogen) atoms. The molecule has 0 bridgehead atoms. The molecule has 0 aliphatic rings. The number of pyridine rings is 1. The Hall–Kier alpha value is -1.95. The molecule has 1 aromatic heterocycles. The van der Waals surface area contributed by atoms with Crippen LogP contribution in [0.4, 0.5) is 0 Å². The Morgan fingerprint density at radius 3 is 2.67 bits per heavy atom. The summed E-state index contributed by atoms with van der Waals surface area (Å²) in [6.07, 6.45) is 2.83. The number of carbonyl (C=O) groups is 2. The maximum atomic E-state index is 11.7. The molecule has 1 heterocycles. The molecule has 1 atom stereocenters. The van der Waals surface area contributed by atoms with Gasteiger partial charge < -0.3 is 9.84 Å². The van der Waals surface area contributed by atoms with Crippen molar-refractivity contribution < 1.29 is 19.4 Å². The normalized spacial score (nSPS) is 14.0. The van der Waals surface area contributed by atoms with Gasteiger partial charge in [-0.05, 0) is 18.1 Å². The standard InChI is InChI=1S/C12H16N2O4/c1-8(2)6-12(13,11(16)17)18-10(15)9-4-3-5-14-7-9/h3-5,7-8H,6,13H2,1-2H3,(H,16,17). The molecule has 0 aromatic carbocycles. The van der Waals surface area contributed by atoms with E-state index >= 15 is 0 Å². The number of esters is 1. The smallest absolute Gasteiger partial charge is 0.363 e. The van der Waals surface area contributed by atoms with Gasteiger partial charge >= 0.3 is 11.9 Å². The second-order valence-corrected chi connectivity index (χ2v) is 4.42. The van der Waals surface area contributed by atoms with Crippen LogP contribution in [0.3, 0.4) is 0 Å². The maximum Gasteiger partial charge on any atom is 0.363 e. The molecule has 0 saturated carbocycles. The molecule has 3 N–H and O–H groups in total. The zero-order valence-corrected chi connectivity index (χ0v) is 10.3. The highest BCUT2D eigenvalue weighted by molar-refractivity contribution is 5.91. The molecule has 0 saturated heterocycles. The van der Waals surface area contributed by atoms with E-state index < -0.39 is 17.7 Å². The van der Waals surface area contributed by atoms with Gasteiger partial charge in [-0.1, -0.05) is 13.8 Å². The number of hydrogen-bond acceptors (Lipinski definition) is 5. The van der Waals surface area contributed by atoms with Crippen LogP contribution in [0.2, 0.25) is 0 Å². The second-order valence-electron chi connectivity index (χ2n) is 4.42. The van der Waals surface area contributed by atoms with Crippen LogP contribution in [-0.2, 0) is 9.53 Å². The highest BCUT2D eigenvalue weighted by Gasteiger charge is 2.39. The fourth-order valence-corrected chi connectivity index (χ4v) is 1.49. The van der Waals surface area contributed by atoms with E-state index in [1.807, 2.05) is 0 Å².